The molecule has 7 aliphatic heterocycles. The Morgan fingerprint density at radius 2 is 0.966 bits per heavy atom. The monoisotopic (exact) mass is 1610 g/mol. The normalized spacial score (nSPS) is 32.1. The first-order valence-corrected chi connectivity index (χ1v) is 39.8. The van der Waals surface area contributed by atoms with E-state index in [-0.39, 0.29) is 77.6 Å². The van der Waals surface area contributed by atoms with Crippen LogP contribution in [-0.2, 0) is 146 Å². The topological polar surface area (TPSA) is 259 Å². The van der Waals surface area contributed by atoms with Crippen LogP contribution < -0.4 is 14.2 Å². The second-order valence-corrected chi connectivity index (χ2v) is 30.3. The Morgan fingerprint density at radius 1 is 0.453 bits per heavy atom. The highest BCUT2D eigenvalue weighted by molar-refractivity contribution is 5.94. The van der Waals surface area contributed by atoms with Gasteiger partial charge in [0, 0.05) is 27.4 Å². The third-order valence-corrected chi connectivity index (χ3v) is 22.1. The quantitative estimate of drug-likeness (QED) is 0.0368. The first kappa shape index (κ1) is 83.8. The second kappa shape index (κ2) is 39.3. The number of aliphatic hydroxyl groups is 1. The molecule has 624 valence electrons. The first-order valence-electron chi connectivity index (χ1n) is 39.8. The molecule has 7 fully saturated rings. The largest absolute Gasteiger partial charge is 0.497 e. The molecular formula is C91H104O26. The number of carbonyl (C=O) groups excluding carboxylic acids is 1. The van der Waals surface area contributed by atoms with Gasteiger partial charge in [-0.3, -0.25) is 0 Å². The van der Waals surface area contributed by atoms with Crippen LogP contribution >= 0.6 is 0 Å². The zero-order chi connectivity index (χ0) is 80.8. The SMILES string of the molecule is COC[C@H]1O[C@@H](O[C@@H]2OC[C@@H]3O[C@@]4(OC[C@@H](OC(=O)c5c(C)cc(OCc6ccccc6)cc5OCc5ccccc5)[C@@H]5OCO[C@H]54)O[C@H]3[C@H]2OCc2ccccc2)[C@@H](OC)[C@@H](OCc2ccccc2)[C@@H]1O[C@@H]1O[C@H](C)[C@H](OC)[C@H](O[C@@H]2O[C@H](C)[C@@H](OCc3ccc(OC)cc3)[C@](C)(O)[C@@H]2OCc2ccccc2)[C@H]1OCc1ccccc1. The maximum Gasteiger partial charge on any atom is 0.342 e. The number of methoxy groups -OCH3 is 4. The van der Waals surface area contributed by atoms with Crippen LogP contribution in [0.3, 0.4) is 0 Å². The lowest BCUT2D eigenvalue weighted by molar-refractivity contribution is -0.407. The summed E-state index contributed by atoms with van der Waals surface area (Å²) in [7, 11) is 6.27. The summed E-state index contributed by atoms with van der Waals surface area (Å²) in [4.78, 5) is 14.8. The van der Waals surface area contributed by atoms with Gasteiger partial charge in [0.25, 0.3) is 0 Å². The van der Waals surface area contributed by atoms with Crippen LogP contribution in [0.15, 0.2) is 218 Å². The van der Waals surface area contributed by atoms with Gasteiger partial charge in [0.05, 0.1) is 72.2 Å². The van der Waals surface area contributed by atoms with E-state index in [2.05, 4.69) is 0 Å². The third kappa shape index (κ3) is 19.8. The van der Waals surface area contributed by atoms with E-state index < -0.39 is 146 Å². The van der Waals surface area contributed by atoms with Crippen LogP contribution in [0.5, 0.6) is 17.2 Å². The fourth-order valence-electron chi connectivity index (χ4n) is 16.2. The van der Waals surface area contributed by atoms with Crippen LogP contribution in [0.2, 0.25) is 0 Å². The summed E-state index contributed by atoms with van der Waals surface area (Å²) in [5.41, 5.74) is 5.12. The van der Waals surface area contributed by atoms with Gasteiger partial charge in [0.15, 0.2) is 37.4 Å². The molecule has 0 amide bonds. The summed E-state index contributed by atoms with van der Waals surface area (Å²) in [5, 5.41) is 13.1. The molecule has 8 aromatic rings. The van der Waals surface area contributed by atoms with Crippen molar-refractivity contribution >= 4 is 5.97 Å². The third-order valence-electron chi connectivity index (χ3n) is 22.1. The number of benzene rings is 8. The van der Waals surface area contributed by atoms with Crippen LogP contribution in [0.1, 0.15) is 75.6 Å². The number of hydrogen-bond acceptors (Lipinski definition) is 26. The minimum atomic E-state index is -1.92. The standard InChI is InChI=1S/C91H104O26/c1-56-43-67(98-45-59-27-15-9-16-28-59)44-68(99-46-60-29-17-10-18-30-60)72(56)85(92)111-70-54-108-91(83-76(70)106-55-107-83)116-71-53-105-86(80(75(71)117-91)101-48-62-33-21-12-22-34-62)115-87-79(97-8)77(100-47-61-31-19-11-20-32-61)74(69(112-87)52-94-5)113-88-81(102-49-63-35-23-13-24-36-63)78(73(96-7)57(2)109-88)114-89-84(104-50-64-37-25-14-26-38-64)90(4,93)82(58(3)110-89)103-51-65-39-41-66(95-6)42-40-65/h9-44,57-58,69-71,73-84,86-89,93H,45-55H2,1-8H3/t57-,58-,69-,70-,71+,73+,74-,75-,76+,77+,78+,79+,80-,81-,82-,83-,84-,86+,87+,88+,89+,90+,91-/m1/s1. The Kier molecular flexibility index (Phi) is 28.2. The van der Waals surface area contributed by atoms with Crippen molar-refractivity contribution in [3.8, 4) is 17.2 Å². The number of esters is 1. The summed E-state index contributed by atoms with van der Waals surface area (Å²) in [5.74, 6) is -1.13. The van der Waals surface area contributed by atoms with Crippen molar-refractivity contribution in [2.45, 2.75) is 214 Å². The van der Waals surface area contributed by atoms with E-state index in [4.69, 9.17) is 114 Å². The van der Waals surface area contributed by atoms with Gasteiger partial charge < -0.3 is 119 Å². The number of aryl methyl sites for hydroxylation is 1. The van der Waals surface area contributed by atoms with Gasteiger partial charge in [-0.25, -0.2) is 4.79 Å². The van der Waals surface area contributed by atoms with Gasteiger partial charge >= 0.3 is 11.9 Å². The van der Waals surface area contributed by atoms with Crippen molar-refractivity contribution in [2.75, 3.05) is 55.1 Å². The number of fused-ring (bicyclic) bond motifs is 3. The van der Waals surface area contributed by atoms with Crippen molar-refractivity contribution < 1.29 is 124 Å². The minimum Gasteiger partial charge on any atom is -0.497 e. The van der Waals surface area contributed by atoms with E-state index in [9.17, 15) is 9.90 Å². The van der Waals surface area contributed by atoms with Crippen LogP contribution in [0.25, 0.3) is 0 Å². The number of hydrogen-bond donors (Lipinski definition) is 1. The average molecular weight is 1610 g/mol. The number of rotatable bonds is 34. The molecule has 15 rings (SSSR count). The maximum atomic E-state index is 14.8. The highest BCUT2D eigenvalue weighted by Crippen LogP contribution is 2.48. The van der Waals surface area contributed by atoms with Crippen molar-refractivity contribution in [2.24, 2.45) is 0 Å². The van der Waals surface area contributed by atoms with Crippen LogP contribution in [0.4, 0.5) is 0 Å². The Hall–Kier alpha value is -8.21. The summed E-state index contributed by atoms with van der Waals surface area (Å²) in [6.45, 7) is 7.47. The molecule has 0 aliphatic carbocycles. The molecule has 26 nitrogen and oxygen atoms in total. The van der Waals surface area contributed by atoms with E-state index in [1.54, 1.807) is 47.3 Å². The highest BCUT2D eigenvalue weighted by atomic mass is 16.9. The molecular weight excluding hydrogens is 1510 g/mol. The van der Waals surface area contributed by atoms with Gasteiger partial charge in [0.1, 0.15) is 128 Å². The van der Waals surface area contributed by atoms with Crippen molar-refractivity contribution in [3.05, 3.63) is 268 Å². The Labute approximate surface area is 681 Å². The molecule has 0 radical (unpaired) electrons. The predicted octanol–water partition coefficient (Wildman–Crippen LogP) is 11.6. The molecule has 23 atom stereocenters. The zero-order valence-corrected chi connectivity index (χ0v) is 66.8. The molecule has 0 unspecified atom stereocenters. The average Bonchev–Trinajstić information content (AvgIpc) is 1.61. The summed E-state index contributed by atoms with van der Waals surface area (Å²) >= 11 is 0. The van der Waals surface area contributed by atoms with E-state index >= 15 is 0 Å². The molecule has 8 aromatic carbocycles. The highest BCUT2D eigenvalue weighted by Gasteiger charge is 2.68. The number of ether oxygens (including phenoxy) is 24. The van der Waals surface area contributed by atoms with E-state index in [0.29, 0.717) is 23.7 Å². The summed E-state index contributed by atoms with van der Waals surface area (Å²) in [6.07, 6.45) is -22.0. The molecule has 7 aliphatic rings. The maximum absolute atomic E-state index is 14.8. The molecule has 1 spiro atoms. The molecule has 117 heavy (non-hydrogen) atoms. The van der Waals surface area contributed by atoms with Crippen LogP contribution in [-0.4, -0.2) is 207 Å². The lowest BCUT2D eigenvalue weighted by atomic mass is 9.85. The lowest BCUT2D eigenvalue weighted by Gasteiger charge is -2.52. The van der Waals surface area contributed by atoms with Crippen molar-refractivity contribution in [1.29, 1.82) is 0 Å². The van der Waals surface area contributed by atoms with E-state index in [0.717, 1.165) is 38.9 Å². The van der Waals surface area contributed by atoms with Crippen LogP contribution in [0, 0.1) is 6.92 Å². The first-order chi connectivity index (χ1) is 57.2. The molecule has 7 heterocycles. The Balaban J connectivity index is 0.697. The molecule has 0 aromatic heterocycles. The van der Waals surface area contributed by atoms with Crippen molar-refractivity contribution in [3.63, 3.8) is 0 Å². The lowest BCUT2D eigenvalue weighted by Crippen LogP contribution is -2.69. The summed E-state index contributed by atoms with van der Waals surface area (Å²) in [6, 6.07) is 69.1. The molecule has 0 bridgehead atoms. The Bertz CT molecular complexity index is 4370. The van der Waals surface area contributed by atoms with Gasteiger partial charge in [0.2, 0.25) is 0 Å². The zero-order valence-electron chi connectivity index (χ0n) is 66.8. The van der Waals surface area contributed by atoms with Gasteiger partial charge in [-0.05, 0) is 90.4 Å². The smallest absolute Gasteiger partial charge is 0.342 e. The fraction of sp³-hybridized carbons (Fsp3) is 0.462. The molecule has 0 saturated carbocycles. The molecule has 26 heteroatoms. The van der Waals surface area contributed by atoms with Gasteiger partial charge in [-0.1, -0.05) is 194 Å². The second-order valence-electron chi connectivity index (χ2n) is 30.3. The van der Waals surface area contributed by atoms with Crippen molar-refractivity contribution in [1.82, 2.24) is 0 Å². The van der Waals surface area contributed by atoms with E-state index in [1.807, 2.05) is 220 Å². The summed E-state index contributed by atoms with van der Waals surface area (Å²) < 4.78 is 161. The fourth-order valence-corrected chi connectivity index (χ4v) is 16.2. The Morgan fingerprint density at radius 3 is 1.54 bits per heavy atom. The molecule has 7 saturated heterocycles. The minimum absolute atomic E-state index is 0.0634. The van der Waals surface area contributed by atoms with Gasteiger partial charge in [-0.2, -0.15) is 0 Å². The van der Waals surface area contributed by atoms with E-state index in [1.165, 1.54) is 7.11 Å². The predicted molar refractivity (Wildman–Crippen MR) is 419 cm³/mol. The van der Waals surface area contributed by atoms with Gasteiger partial charge in [-0.15, -0.1) is 0 Å². The molecule has 1 N–H and O–H groups in total. The number of carbonyl (C=O) groups is 1.